The van der Waals surface area contributed by atoms with E-state index in [0.29, 0.717) is 64.6 Å². The van der Waals surface area contributed by atoms with Crippen molar-refractivity contribution in [2.45, 2.75) is 117 Å². The Kier molecular flexibility index (Phi) is 24.6. The first-order chi connectivity index (χ1) is 32.3. The summed E-state index contributed by atoms with van der Waals surface area (Å²) >= 11 is 0. The average Bonchev–Trinajstić information content (AvgIpc) is 3.33. The van der Waals surface area contributed by atoms with E-state index in [1.807, 2.05) is 43.3 Å². The second-order valence-electron chi connectivity index (χ2n) is 18.5. The largest absolute Gasteiger partial charge is 0.467 e. The summed E-state index contributed by atoms with van der Waals surface area (Å²) in [4.78, 5) is 88.0. The van der Waals surface area contributed by atoms with Crippen molar-refractivity contribution in [3.8, 4) is 0 Å². The molecule has 374 valence electrons. The van der Waals surface area contributed by atoms with Crippen LogP contribution in [0.2, 0.25) is 0 Å². The second kappa shape index (κ2) is 30.0. The van der Waals surface area contributed by atoms with E-state index in [1.165, 1.54) is 14.0 Å². The number of amides is 5. The highest BCUT2D eigenvalue weighted by molar-refractivity contribution is 5.90. The third-order valence-corrected chi connectivity index (χ3v) is 13.7. The van der Waals surface area contributed by atoms with Crippen LogP contribution in [0.3, 0.4) is 0 Å². The molecular formula is C51H83N9O7. The molecule has 0 radical (unpaired) electrons. The number of esters is 1. The van der Waals surface area contributed by atoms with Crippen molar-refractivity contribution < 1.29 is 33.5 Å². The molecule has 0 spiro atoms. The van der Waals surface area contributed by atoms with Gasteiger partial charge in [-0.3, -0.25) is 24.1 Å². The van der Waals surface area contributed by atoms with E-state index in [-0.39, 0.29) is 41.8 Å². The molecule has 1 heterocycles. The number of hydrogen-bond acceptors (Lipinski definition) is 11. The monoisotopic (exact) mass is 934 g/mol. The SMILES string of the molecule is CCC[C@H](NC(=O)N[C@@H](CCCCNC(=O)[C@H](Cc1ccc2ccccc2c1)NC(=O)C1CCC(CNC(=O)CN2CCN(CC)CCN(CC)CCN(CC)CC2)CC1)C(=O)OC)C(C)=O. The van der Waals surface area contributed by atoms with Crippen LogP contribution in [0, 0.1) is 11.8 Å². The van der Waals surface area contributed by atoms with Gasteiger partial charge in [-0.2, -0.15) is 0 Å². The predicted octanol–water partition coefficient (Wildman–Crippen LogP) is 3.96. The Morgan fingerprint density at radius 2 is 1.24 bits per heavy atom. The van der Waals surface area contributed by atoms with Crippen LogP contribution in [0.5, 0.6) is 0 Å². The number of nitrogens with zero attached hydrogens (tertiary/aromatic N) is 4. The highest BCUT2D eigenvalue weighted by Gasteiger charge is 2.30. The van der Waals surface area contributed by atoms with E-state index in [9.17, 15) is 28.8 Å². The number of carbonyl (C=O) groups is 6. The van der Waals surface area contributed by atoms with Crippen LogP contribution in [-0.2, 0) is 35.1 Å². The van der Waals surface area contributed by atoms with Crippen molar-refractivity contribution in [3.05, 3.63) is 48.0 Å². The first-order valence-corrected chi connectivity index (χ1v) is 25.2. The van der Waals surface area contributed by atoms with E-state index in [1.54, 1.807) is 0 Å². The number of fused-ring (bicyclic) bond motifs is 1. The molecule has 2 aromatic rings. The topological polar surface area (TPSA) is 185 Å². The number of carbonyl (C=O) groups excluding carboxylic acids is 6. The van der Waals surface area contributed by atoms with Crippen molar-refractivity contribution >= 4 is 46.3 Å². The fraction of sp³-hybridized carbons (Fsp3) is 0.686. The van der Waals surface area contributed by atoms with Crippen molar-refractivity contribution in [1.82, 2.24) is 46.2 Å². The number of likely N-dealkylation sites (N-methyl/N-ethyl adjacent to an activating group) is 3. The van der Waals surface area contributed by atoms with E-state index in [0.717, 1.165) is 101 Å². The third-order valence-electron chi connectivity index (χ3n) is 13.7. The number of unbranched alkanes of at least 4 members (excludes halogenated alkanes) is 1. The summed E-state index contributed by atoms with van der Waals surface area (Å²) in [6, 6.07) is 11.1. The maximum atomic E-state index is 13.9. The van der Waals surface area contributed by atoms with E-state index in [2.05, 4.69) is 73.0 Å². The van der Waals surface area contributed by atoms with Crippen LogP contribution in [0.15, 0.2) is 42.5 Å². The average molecular weight is 934 g/mol. The molecule has 1 saturated heterocycles. The molecule has 5 N–H and O–H groups in total. The highest BCUT2D eigenvalue weighted by atomic mass is 16.5. The third kappa shape index (κ3) is 19.5. The van der Waals surface area contributed by atoms with Crippen molar-refractivity contribution in [3.63, 3.8) is 0 Å². The predicted molar refractivity (Wildman–Crippen MR) is 265 cm³/mol. The Bertz CT molecular complexity index is 1840. The molecule has 5 amide bonds. The van der Waals surface area contributed by atoms with Gasteiger partial charge in [-0.25, -0.2) is 9.59 Å². The van der Waals surface area contributed by atoms with Crippen molar-refractivity contribution in [2.24, 2.45) is 11.8 Å². The minimum atomic E-state index is -0.925. The van der Waals surface area contributed by atoms with Gasteiger partial charge in [0.2, 0.25) is 17.7 Å². The number of Topliss-reactive ketones (excluding diaryl/α,β-unsaturated/α-hetero) is 1. The van der Waals surface area contributed by atoms with Crippen LogP contribution in [0.1, 0.15) is 98.0 Å². The van der Waals surface area contributed by atoms with Crippen LogP contribution >= 0.6 is 0 Å². The molecule has 67 heavy (non-hydrogen) atoms. The first-order valence-electron chi connectivity index (χ1n) is 25.2. The number of nitrogens with one attached hydrogen (secondary N) is 5. The lowest BCUT2D eigenvalue weighted by molar-refractivity contribution is -0.143. The quantitative estimate of drug-likeness (QED) is 0.0804. The molecule has 2 aromatic carbocycles. The molecule has 16 heteroatoms. The van der Waals surface area contributed by atoms with Gasteiger partial charge in [0.05, 0.1) is 19.7 Å². The van der Waals surface area contributed by atoms with Gasteiger partial charge in [0.1, 0.15) is 12.1 Å². The Hall–Kier alpha value is -4.64. The molecule has 3 atom stereocenters. The number of rotatable bonds is 23. The summed E-state index contributed by atoms with van der Waals surface area (Å²) in [5.41, 5.74) is 0.927. The zero-order valence-electron chi connectivity index (χ0n) is 41.5. The van der Waals surface area contributed by atoms with Crippen molar-refractivity contribution in [2.75, 3.05) is 98.7 Å². The van der Waals surface area contributed by atoms with Crippen molar-refractivity contribution in [1.29, 1.82) is 0 Å². The molecule has 1 aliphatic carbocycles. The minimum absolute atomic E-state index is 0.0479. The van der Waals surface area contributed by atoms with Gasteiger partial charge >= 0.3 is 12.0 Å². The second-order valence-corrected chi connectivity index (χ2v) is 18.5. The fourth-order valence-corrected chi connectivity index (χ4v) is 9.15. The molecule has 0 bridgehead atoms. The van der Waals surface area contributed by atoms with Gasteiger partial charge in [0.15, 0.2) is 5.78 Å². The van der Waals surface area contributed by atoms with Crippen LogP contribution in [0.4, 0.5) is 4.79 Å². The van der Waals surface area contributed by atoms with Gasteiger partial charge in [0, 0.05) is 77.8 Å². The van der Waals surface area contributed by atoms with E-state index in [4.69, 9.17) is 4.74 Å². The summed E-state index contributed by atoms with van der Waals surface area (Å²) < 4.78 is 4.92. The lowest BCUT2D eigenvalue weighted by Crippen LogP contribution is -2.51. The summed E-state index contributed by atoms with van der Waals surface area (Å²) in [7, 11) is 1.25. The van der Waals surface area contributed by atoms with Crippen LogP contribution in [-0.4, -0.2) is 172 Å². The Balaban J connectivity index is 1.28. The highest BCUT2D eigenvalue weighted by Crippen LogP contribution is 2.29. The minimum Gasteiger partial charge on any atom is -0.467 e. The molecular weight excluding hydrogens is 851 g/mol. The van der Waals surface area contributed by atoms with Gasteiger partial charge in [-0.15, -0.1) is 0 Å². The zero-order chi connectivity index (χ0) is 48.6. The molecule has 0 aromatic heterocycles. The molecule has 1 saturated carbocycles. The first kappa shape index (κ1) is 55.0. The summed E-state index contributed by atoms with van der Waals surface area (Å²) in [5, 5.41) is 16.7. The smallest absolute Gasteiger partial charge is 0.328 e. The lowest BCUT2D eigenvalue weighted by atomic mass is 9.81. The van der Waals surface area contributed by atoms with E-state index >= 15 is 0 Å². The number of urea groups is 1. The van der Waals surface area contributed by atoms with Gasteiger partial charge < -0.3 is 46.0 Å². The van der Waals surface area contributed by atoms with E-state index < -0.39 is 30.1 Å². The Morgan fingerprint density at radius 3 is 1.81 bits per heavy atom. The summed E-state index contributed by atoms with van der Waals surface area (Å²) in [5.74, 6) is -1.10. The number of ether oxygens (including phenoxy) is 1. The maximum absolute atomic E-state index is 13.9. The summed E-state index contributed by atoms with van der Waals surface area (Å²) in [6.07, 6.45) is 5.77. The van der Waals surface area contributed by atoms with Crippen LogP contribution in [0.25, 0.3) is 10.8 Å². The molecule has 0 unspecified atom stereocenters. The summed E-state index contributed by atoms with van der Waals surface area (Å²) in [6.45, 7) is 22.1. The molecule has 4 rings (SSSR count). The number of hydrogen-bond donors (Lipinski definition) is 5. The standard InChI is InChI=1S/C51H83N9O7/c1-7-15-44(38(5)61)55-51(66)56-45(50(65)67-6)18-13-14-25-52-49(64)46(35-40-21-22-41-16-11-12-17-43(41)34-40)54-48(63)42-23-19-39(20-24-42)36-53-47(62)37-60-32-30-58(9-3)28-26-57(8-2)27-29-59(10-4)31-33-60/h11-12,16-17,21-22,34,39,42,44-46H,7-10,13-15,18-20,23-33,35-37H2,1-6H3,(H,52,64)(H,53,62)(H,54,63)(H2,55,56,66)/t39?,42?,44-,45-,46-/m0/s1. The van der Waals surface area contributed by atoms with Gasteiger partial charge in [-0.05, 0) is 100 Å². The molecule has 16 nitrogen and oxygen atoms in total. The lowest BCUT2D eigenvalue weighted by Gasteiger charge is -2.33. The molecule has 1 aliphatic heterocycles. The van der Waals surface area contributed by atoms with Gasteiger partial charge in [-0.1, -0.05) is 76.6 Å². The Labute approximate surface area is 400 Å². The normalized spacial score (nSPS) is 19.7. The number of methoxy groups -OCH3 is 1. The number of benzene rings is 2. The zero-order valence-corrected chi connectivity index (χ0v) is 41.5. The number of ketones is 1. The van der Waals surface area contributed by atoms with Crippen LogP contribution < -0.4 is 26.6 Å². The molecule has 2 fully saturated rings. The Morgan fingerprint density at radius 1 is 0.657 bits per heavy atom. The maximum Gasteiger partial charge on any atom is 0.328 e. The fourth-order valence-electron chi connectivity index (χ4n) is 9.15. The van der Waals surface area contributed by atoms with Gasteiger partial charge in [0.25, 0.3) is 0 Å². The molecule has 2 aliphatic rings.